The van der Waals surface area contributed by atoms with Crippen LogP contribution in [0.2, 0.25) is 0 Å². The second kappa shape index (κ2) is 6.68. The second-order valence-electron chi connectivity index (χ2n) is 5.67. The first kappa shape index (κ1) is 16.4. The van der Waals surface area contributed by atoms with Crippen molar-refractivity contribution in [3.05, 3.63) is 70.7 Å². The fraction of sp³-hybridized carbons (Fsp3) is 0.105. The number of hydrogen-bond donors (Lipinski definition) is 0. The molecule has 4 rings (SSSR count). The lowest BCUT2D eigenvalue weighted by Gasteiger charge is -1.99. The molecule has 0 unspecified atom stereocenters. The van der Waals surface area contributed by atoms with Crippen molar-refractivity contribution in [1.82, 2.24) is 10.1 Å². The number of carbonyl (C=O) groups is 1. The van der Waals surface area contributed by atoms with Crippen LogP contribution in [0.1, 0.15) is 21.1 Å². The van der Waals surface area contributed by atoms with Gasteiger partial charge in [-0.1, -0.05) is 35.5 Å². The molecule has 0 spiro atoms. The minimum absolute atomic E-state index is 0.144. The summed E-state index contributed by atoms with van der Waals surface area (Å²) in [5, 5.41) is 4.33. The average Bonchev–Trinajstić information content (AvgIpc) is 3.28. The quantitative estimate of drug-likeness (QED) is 0.486. The normalized spacial score (nSPS) is 11.0. The van der Waals surface area contributed by atoms with Crippen LogP contribution < -0.4 is 0 Å². The van der Waals surface area contributed by atoms with Crippen LogP contribution in [-0.2, 0) is 11.3 Å². The van der Waals surface area contributed by atoms with Gasteiger partial charge in [0.05, 0.1) is 0 Å². The number of esters is 1. The molecule has 2 aromatic heterocycles. The van der Waals surface area contributed by atoms with Gasteiger partial charge in [0, 0.05) is 15.6 Å². The number of carbonyl (C=O) groups excluding carboxylic acids is 1. The second-order valence-corrected chi connectivity index (χ2v) is 6.75. The molecule has 0 amide bonds. The molecule has 0 N–H and O–H groups in total. The van der Waals surface area contributed by atoms with Crippen molar-refractivity contribution in [3.8, 4) is 11.4 Å². The number of aryl methyl sites for hydroxylation is 1. The molecule has 26 heavy (non-hydrogen) atoms. The molecule has 0 radical (unpaired) electrons. The van der Waals surface area contributed by atoms with Gasteiger partial charge in [-0.05, 0) is 30.7 Å². The van der Waals surface area contributed by atoms with Crippen LogP contribution in [0, 0.1) is 12.7 Å². The molecular formula is C19H13FN2O3S. The highest BCUT2D eigenvalue weighted by Crippen LogP contribution is 2.28. The molecule has 2 aromatic carbocycles. The minimum Gasteiger partial charge on any atom is -0.451 e. The number of aromatic nitrogens is 2. The average molecular weight is 368 g/mol. The maximum absolute atomic E-state index is 13.7. The SMILES string of the molecule is Cc1ccccc1-c1noc(COC(=O)c2cc3c(F)cccc3s2)n1. The predicted octanol–water partition coefficient (Wildman–Crippen LogP) is 4.76. The predicted molar refractivity (Wildman–Crippen MR) is 95.4 cm³/mol. The van der Waals surface area contributed by atoms with Crippen LogP contribution >= 0.6 is 11.3 Å². The summed E-state index contributed by atoms with van der Waals surface area (Å²) in [6.45, 7) is 1.81. The number of halogens is 1. The summed E-state index contributed by atoms with van der Waals surface area (Å²) in [7, 11) is 0. The van der Waals surface area contributed by atoms with Crippen molar-refractivity contribution in [2.45, 2.75) is 13.5 Å². The summed E-state index contributed by atoms with van der Waals surface area (Å²) in [5.41, 5.74) is 1.87. The van der Waals surface area contributed by atoms with E-state index in [-0.39, 0.29) is 18.3 Å². The molecule has 4 aromatic rings. The van der Waals surface area contributed by atoms with Crippen LogP contribution in [0.4, 0.5) is 4.39 Å². The van der Waals surface area contributed by atoms with E-state index >= 15 is 0 Å². The van der Waals surface area contributed by atoms with Crippen molar-refractivity contribution >= 4 is 27.4 Å². The van der Waals surface area contributed by atoms with Crippen molar-refractivity contribution in [3.63, 3.8) is 0 Å². The fourth-order valence-electron chi connectivity index (χ4n) is 2.57. The van der Waals surface area contributed by atoms with E-state index in [1.165, 1.54) is 23.5 Å². The van der Waals surface area contributed by atoms with Crippen molar-refractivity contribution in [2.75, 3.05) is 0 Å². The Kier molecular flexibility index (Phi) is 4.22. The van der Waals surface area contributed by atoms with E-state index in [9.17, 15) is 9.18 Å². The molecule has 7 heteroatoms. The van der Waals surface area contributed by atoms with Gasteiger partial charge in [-0.3, -0.25) is 0 Å². The first-order chi connectivity index (χ1) is 12.6. The monoisotopic (exact) mass is 368 g/mol. The summed E-state index contributed by atoms with van der Waals surface area (Å²) in [5.74, 6) is -0.277. The van der Waals surface area contributed by atoms with Gasteiger partial charge in [-0.2, -0.15) is 4.98 Å². The maximum atomic E-state index is 13.7. The van der Waals surface area contributed by atoms with Gasteiger partial charge >= 0.3 is 5.97 Å². The molecule has 0 saturated carbocycles. The van der Waals surface area contributed by atoms with Crippen LogP contribution in [0.25, 0.3) is 21.5 Å². The molecule has 0 fully saturated rings. The van der Waals surface area contributed by atoms with Crippen LogP contribution in [0.3, 0.4) is 0 Å². The summed E-state index contributed by atoms with van der Waals surface area (Å²) in [6.07, 6.45) is 0. The Morgan fingerprint density at radius 1 is 1.23 bits per heavy atom. The number of hydrogen-bond acceptors (Lipinski definition) is 6. The lowest BCUT2D eigenvalue weighted by atomic mass is 10.1. The number of nitrogens with zero attached hydrogens (tertiary/aromatic N) is 2. The van der Waals surface area contributed by atoms with E-state index in [0.29, 0.717) is 20.8 Å². The Hall–Kier alpha value is -3.06. The van der Waals surface area contributed by atoms with E-state index in [2.05, 4.69) is 10.1 Å². The number of thiophene rings is 1. The molecule has 0 atom stereocenters. The first-order valence-electron chi connectivity index (χ1n) is 7.85. The summed E-state index contributed by atoms with van der Waals surface area (Å²) in [6, 6.07) is 13.9. The van der Waals surface area contributed by atoms with Gasteiger partial charge < -0.3 is 9.26 Å². The summed E-state index contributed by atoms with van der Waals surface area (Å²) < 4.78 is 24.8. The minimum atomic E-state index is -0.554. The molecule has 0 aliphatic heterocycles. The third-order valence-corrected chi connectivity index (χ3v) is 4.97. The van der Waals surface area contributed by atoms with E-state index in [4.69, 9.17) is 9.26 Å². The number of rotatable bonds is 4. The third kappa shape index (κ3) is 3.09. The molecule has 0 aliphatic rings. The van der Waals surface area contributed by atoms with Crippen molar-refractivity contribution in [1.29, 1.82) is 0 Å². The zero-order valence-corrected chi connectivity index (χ0v) is 14.5. The van der Waals surface area contributed by atoms with E-state index < -0.39 is 5.97 Å². The Labute approximate surface area is 152 Å². The zero-order chi connectivity index (χ0) is 18.1. The number of ether oxygens (including phenoxy) is 1. The maximum Gasteiger partial charge on any atom is 0.348 e. The Balaban J connectivity index is 1.48. The molecule has 130 valence electrons. The van der Waals surface area contributed by atoms with Crippen LogP contribution in [-0.4, -0.2) is 16.1 Å². The van der Waals surface area contributed by atoms with E-state index in [1.54, 1.807) is 12.1 Å². The zero-order valence-electron chi connectivity index (χ0n) is 13.7. The van der Waals surface area contributed by atoms with Gasteiger partial charge in [-0.25, -0.2) is 9.18 Å². The van der Waals surface area contributed by atoms with E-state index in [1.807, 2.05) is 31.2 Å². The Bertz CT molecular complexity index is 1100. The largest absolute Gasteiger partial charge is 0.451 e. The lowest BCUT2D eigenvalue weighted by Crippen LogP contribution is -2.03. The van der Waals surface area contributed by atoms with Gasteiger partial charge in [0.15, 0.2) is 6.61 Å². The molecule has 5 nitrogen and oxygen atoms in total. The van der Waals surface area contributed by atoms with Crippen molar-refractivity contribution in [2.24, 2.45) is 0 Å². The van der Waals surface area contributed by atoms with Crippen molar-refractivity contribution < 1.29 is 18.4 Å². The number of benzene rings is 2. The summed E-state index contributed by atoms with van der Waals surface area (Å²) >= 11 is 1.18. The molecule has 0 saturated heterocycles. The number of fused-ring (bicyclic) bond motifs is 1. The van der Waals surface area contributed by atoms with Crippen LogP contribution in [0.5, 0.6) is 0 Å². The van der Waals surface area contributed by atoms with E-state index in [0.717, 1.165) is 11.1 Å². The highest BCUT2D eigenvalue weighted by atomic mass is 32.1. The van der Waals surface area contributed by atoms with Gasteiger partial charge in [-0.15, -0.1) is 11.3 Å². The molecular weight excluding hydrogens is 355 g/mol. The Morgan fingerprint density at radius 3 is 2.88 bits per heavy atom. The van der Waals surface area contributed by atoms with Crippen LogP contribution in [0.15, 0.2) is 53.1 Å². The Morgan fingerprint density at radius 2 is 2.08 bits per heavy atom. The topological polar surface area (TPSA) is 65.2 Å². The van der Waals surface area contributed by atoms with Gasteiger partial charge in [0.2, 0.25) is 5.82 Å². The van der Waals surface area contributed by atoms with Gasteiger partial charge in [0.25, 0.3) is 5.89 Å². The molecule has 0 bridgehead atoms. The summed E-state index contributed by atoms with van der Waals surface area (Å²) in [4.78, 5) is 16.8. The lowest BCUT2D eigenvalue weighted by molar-refractivity contribution is 0.0435. The smallest absolute Gasteiger partial charge is 0.348 e. The molecule has 2 heterocycles. The third-order valence-electron chi connectivity index (χ3n) is 3.89. The highest BCUT2D eigenvalue weighted by Gasteiger charge is 2.16. The van der Waals surface area contributed by atoms with Gasteiger partial charge in [0.1, 0.15) is 10.7 Å². The highest BCUT2D eigenvalue weighted by molar-refractivity contribution is 7.20. The standard InChI is InChI=1S/C19H13FN2O3S/c1-11-5-2-3-6-12(11)18-21-17(25-22-18)10-24-19(23)16-9-13-14(20)7-4-8-15(13)26-16/h2-9H,10H2,1H3. The molecule has 0 aliphatic carbocycles. The first-order valence-corrected chi connectivity index (χ1v) is 8.67. The fourth-order valence-corrected chi connectivity index (χ4v) is 3.54.